The van der Waals surface area contributed by atoms with Crippen LogP contribution in [0.1, 0.15) is 18.5 Å². The number of benzene rings is 3. The zero-order valence-corrected chi connectivity index (χ0v) is 14.6. The molecule has 1 atom stereocenters. The van der Waals surface area contributed by atoms with Crippen molar-refractivity contribution in [2.45, 2.75) is 13.0 Å². The van der Waals surface area contributed by atoms with Crippen LogP contribution in [0, 0.1) is 5.82 Å². The van der Waals surface area contributed by atoms with Crippen LogP contribution in [0.3, 0.4) is 0 Å². The van der Waals surface area contributed by atoms with Gasteiger partial charge >= 0.3 is 0 Å². The van der Waals surface area contributed by atoms with E-state index >= 15 is 0 Å². The monoisotopic (exact) mass is 357 g/mol. The normalized spacial score (nSPS) is 12.1. The number of hydrogen-bond acceptors (Lipinski definition) is 1. The quantitative estimate of drug-likeness (QED) is 0.714. The van der Waals surface area contributed by atoms with Gasteiger partial charge in [-0.25, -0.2) is 4.39 Å². The van der Waals surface area contributed by atoms with Crippen LogP contribution in [-0.4, -0.2) is 12.5 Å². The number of carbonyl (C=O) groups is 1. The molecule has 0 aromatic heterocycles. The lowest BCUT2D eigenvalue weighted by atomic mass is 10.00. The molecule has 3 aromatic carbocycles. The number of halogens is 2. The predicted molar refractivity (Wildman–Crippen MR) is 99.2 cm³/mol. The number of anilines is 1. The standard InChI is InChI=1S/C20H18ClFN2O/c1-13(16-8-4-6-14-5-2-3-7-17(14)16)23-12-20(25)24-19-10-9-15(22)11-18(19)21/h2-11,13,23H,12H2,1H3,(H,24,25)/p+1/t13-/m0/s1. The molecule has 3 nitrogen and oxygen atoms in total. The van der Waals surface area contributed by atoms with Crippen LogP contribution in [0.4, 0.5) is 10.1 Å². The number of carbonyl (C=O) groups excluding carboxylic acids is 1. The third-order valence-corrected chi connectivity index (χ3v) is 4.49. The third kappa shape index (κ3) is 4.16. The maximum Gasteiger partial charge on any atom is 0.279 e. The van der Waals surface area contributed by atoms with Crippen molar-refractivity contribution in [2.24, 2.45) is 0 Å². The van der Waals surface area contributed by atoms with E-state index in [-0.39, 0.29) is 23.5 Å². The molecule has 0 heterocycles. The third-order valence-electron chi connectivity index (χ3n) is 4.18. The molecule has 0 aliphatic carbocycles. The smallest absolute Gasteiger partial charge is 0.279 e. The lowest BCUT2D eigenvalue weighted by molar-refractivity contribution is -0.682. The first kappa shape index (κ1) is 17.4. The van der Waals surface area contributed by atoms with Crippen molar-refractivity contribution >= 4 is 34.0 Å². The molecule has 3 aromatic rings. The summed E-state index contributed by atoms with van der Waals surface area (Å²) in [6.07, 6.45) is 0. The van der Waals surface area contributed by atoms with Crippen molar-refractivity contribution in [2.75, 3.05) is 11.9 Å². The molecule has 3 N–H and O–H groups in total. The zero-order chi connectivity index (χ0) is 17.8. The molecule has 5 heteroatoms. The molecule has 0 saturated heterocycles. The molecular formula is C20H19ClFN2O+. The molecule has 0 fully saturated rings. The maximum absolute atomic E-state index is 13.1. The molecule has 0 unspecified atom stereocenters. The Hall–Kier alpha value is -2.43. The predicted octanol–water partition coefficient (Wildman–Crippen LogP) is 3.90. The highest BCUT2D eigenvalue weighted by molar-refractivity contribution is 6.33. The van der Waals surface area contributed by atoms with E-state index in [1.807, 2.05) is 23.5 Å². The van der Waals surface area contributed by atoms with Gasteiger partial charge < -0.3 is 10.6 Å². The summed E-state index contributed by atoms with van der Waals surface area (Å²) in [5.74, 6) is -0.611. The van der Waals surface area contributed by atoms with Crippen molar-refractivity contribution in [3.05, 3.63) is 77.1 Å². The van der Waals surface area contributed by atoms with E-state index in [0.29, 0.717) is 5.69 Å². The second-order valence-corrected chi connectivity index (χ2v) is 6.38. The van der Waals surface area contributed by atoms with E-state index < -0.39 is 5.82 Å². The first-order chi connectivity index (χ1) is 12.0. The molecule has 1 amide bonds. The number of nitrogens with one attached hydrogen (secondary N) is 1. The van der Waals surface area contributed by atoms with Crippen LogP contribution in [0.15, 0.2) is 60.7 Å². The molecule has 128 valence electrons. The largest absolute Gasteiger partial charge is 0.332 e. The summed E-state index contributed by atoms with van der Waals surface area (Å²) in [4.78, 5) is 12.2. The first-order valence-electron chi connectivity index (χ1n) is 8.10. The maximum atomic E-state index is 13.1. The second-order valence-electron chi connectivity index (χ2n) is 5.97. The number of amides is 1. The summed E-state index contributed by atoms with van der Waals surface area (Å²) in [7, 11) is 0. The van der Waals surface area contributed by atoms with E-state index in [2.05, 4.69) is 36.5 Å². The molecule has 0 bridgehead atoms. The van der Waals surface area contributed by atoms with Crippen LogP contribution in [-0.2, 0) is 4.79 Å². The molecule has 0 saturated carbocycles. The lowest BCUT2D eigenvalue weighted by Gasteiger charge is -2.14. The average molecular weight is 358 g/mol. The summed E-state index contributed by atoms with van der Waals surface area (Å²) in [6, 6.07) is 18.4. The summed E-state index contributed by atoms with van der Waals surface area (Å²) >= 11 is 5.93. The van der Waals surface area contributed by atoms with Crippen LogP contribution in [0.2, 0.25) is 5.02 Å². The summed E-state index contributed by atoms with van der Waals surface area (Å²) in [6.45, 7) is 2.32. The highest BCUT2D eigenvalue weighted by Gasteiger charge is 2.15. The lowest BCUT2D eigenvalue weighted by Crippen LogP contribution is -2.86. The van der Waals surface area contributed by atoms with Crippen LogP contribution >= 0.6 is 11.6 Å². The minimum absolute atomic E-state index is 0.125. The summed E-state index contributed by atoms with van der Waals surface area (Å²) in [5.41, 5.74) is 1.60. The van der Waals surface area contributed by atoms with Crippen molar-refractivity contribution in [3.8, 4) is 0 Å². The molecule has 25 heavy (non-hydrogen) atoms. The molecule has 3 rings (SSSR count). The van der Waals surface area contributed by atoms with Gasteiger partial charge in [0.15, 0.2) is 6.54 Å². The zero-order valence-electron chi connectivity index (χ0n) is 13.8. The van der Waals surface area contributed by atoms with Gasteiger partial charge in [0.2, 0.25) is 0 Å². The van der Waals surface area contributed by atoms with Gasteiger partial charge in [-0.15, -0.1) is 0 Å². The number of quaternary nitrogens is 1. The van der Waals surface area contributed by atoms with Crippen molar-refractivity contribution in [3.63, 3.8) is 0 Å². The Bertz CT molecular complexity index is 908. The van der Waals surface area contributed by atoms with E-state index in [4.69, 9.17) is 11.6 Å². The fraction of sp³-hybridized carbons (Fsp3) is 0.150. The van der Waals surface area contributed by atoms with Gasteiger partial charge in [-0.05, 0) is 35.9 Å². The SMILES string of the molecule is C[C@H]([NH2+]CC(=O)Nc1ccc(F)cc1Cl)c1cccc2ccccc12. The Morgan fingerprint density at radius 1 is 1.16 bits per heavy atom. The number of nitrogens with two attached hydrogens (primary N) is 1. The molecular weight excluding hydrogens is 339 g/mol. The fourth-order valence-electron chi connectivity index (χ4n) is 2.85. The van der Waals surface area contributed by atoms with Gasteiger partial charge in [-0.2, -0.15) is 0 Å². The van der Waals surface area contributed by atoms with Crippen molar-refractivity contribution < 1.29 is 14.5 Å². The van der Waals surface area contributed by atoms with Crippen molar-refractivity contribution in [1.29, 1.82) is 0 Å². The highest BCUT2D eigenvalue weighted by atomic mass is 35.5. The summed E-state index contributed by atoms with van der Waals surface area (Å²) < 4.78 is 13.1. The Kier molecular flexibility index (Phi) is 5.31. The van der Waals surface area contributed by atoms with E-state index in [1.165, 1.54) is 34.5 Å². The van der Waals surface area contributed by atoms with Gasteiger partial charge in [0, 0.05) is 5.56 Å². The minimum Gasteiger partial charge on any atom is -0.332 e. The van der Waals surface area contributed by atoms with Crippen LogP contribution < -0.4 is 10.6 Å². The number of fused-ring (bicyclic) bond motifs is 1. The minimum atomic E-state index is -0.431. The van der Waals surface area contributed by atoms with E-state index in [0.717, 1.165) is 0 Å². The van der Waals surface area contributed by atoms with Gasteiger partial charge in [-0.3, -0.25) is 4.79 Å². The Labute approximate surface area is 150 Å². The number of rotatable bonds is 5. The van der Waals surface area contributed by atoms with E-state index in [1.54, 1.807) is 0 Å². The van der Waals surface area contributed by atoms with Gasteiger partial charge in [0.05, 0.1) is 10.7 Å². The van der Waals surface area contributed by atoms with Gasteiger partial charge in [-0.1, -0.05) is 54.1 Å². The van der Waals surface area contributed by atoms with Crippen LogP contribution in [0.25, 0.3) is 10.8 Å². The average Bonchev–Trinajstić information content (AvgIpc) is 2.61. The number of hydrogen-bond donors (Lipinski definition) is 2. The second kappa shape index (κ2) is 7.64. The molecule has 0 aliphatic rings. The highest BCUT2D eigenvalue weighted by Crippen LogP contribution is 2.23. The fourth-order valence-corrected chi connectivity index (χ4v) is 3.06. The first-order valence-corrected chi connectivity index (χ1v) is 8.48. The van der Waals surface area contributed by atoms with E-state index in [9.17, 15) is 9.18 Å². The van der Waals surface area contributed by atoms with Gasteiger partial charge in [0.25, 0.3) is 5.91 Å². The Morgan fingerprint density at radius 2 is 1.92 bits per heavy atom. The van der Waals surface area contributed by atoms with Gasteiger partial charge in [0.1, 0.15) is 11.9 Å². The Balaban J connectivity index is 1.65. The topological polar surface area (TPSA) is 45.7 Å². The molecule has 0 spiro atoms. The van der Waals surface area contributed by atoms with Crippen molar-refractivity contribution in [1.82, 2.24) is 0 Å². The molecule has 0 radical (unpaired) electrons. The summed E-state index contributed by atoms with van der Waals surface area (Å²) in [5, 5.41) is 7.24. The Morgan fingerprint density at radius 3 is 2.72 bits per heavy atom. The van der Waals surface area contributed by atoms with Crippen LogP contribution in [0.5, 0.6) is 0 Å². The molecule has 0 aliphatic heterocycles.